The Kier molecular flexibility index (Phi) is 5.70. The summed E-state index contributed by atoms with van der Waals surface area (Å²) >= 11 is 0. The molecule has 6 nitrogen and oxygen atoms in total. The molecule has 0 spiro atoms. The van der Waals surface area contributed by atoms with Crippen LogP contribution in [0.3, 0.4) is 0 Å². The molecule has 7 heteroatoms. The smallest absolute Gasteiger partial charge is 0.337 e. The van der Waals surface area contributed by atoms with Gasteiger partial charge in [0, 0.05) is 18.3 Å². The summed E-state index contributed by atoms with van der Waals surface area (Å²) in [6, 6.07) is 5.76. The lowest BCUT2D eigenvalue weighted by molar-refractivity contribution is -0.138. The predicted octanol–water partition coefficient (Wildman–Crippen LogP) is 1.61. The number of carbonyl (C=O) groups excluding carboxylic acids is 2. The molecule has 23 heavy (non-hydrogen) atoms. The Labute approximate surface area is 134 Å². The molecule has 0 bridgehead atoms. The van der Waals surface area contributed by atoms with E-state index in [0.29, 0.717) is 11.3 Å². The highest BCUT2D eigenvalue weighted by atomic mass is 19.1. The van der Waals surface area contributed by atoms with Crippen molar-refractivity contribution in [3.63, 3.8) is 0 Å². The number of amides is 2. The molecule has 0 saturated heterocycles. The summed E-state index contributed by atoms with van der Waals surface area (Å²) in [5.74, 6) is -0.770. The average Bonchev–Trinajstić information content (AvgIpc) is 2.52. The second kappa shape index (κ2) is 7.73. The number of rotatable bonds is 6. The van der Waals surface area contributed by atoms with Crippen molar-refractivity contribution in [2.24, 2.45) is 0 Å². The van der Waals surface area contributed by atoms with Gasteiger partial charge in [-0.15, -0.1) is 0 Å². The van der Waals surface area contributed by atoms with Crippen LogP contribution in [0.5, 0.6) is 0 Å². The van der Waals surface area contributed by atoms with Crippen LogP contribution in [0, 0.1) is 5.82 Å². The van der Waals surface area contributed by atoms with Gasteiger partial charge in [0.1, 0.15) is 5.82 Å². The second-order valence-corrected chi connectivity index (χ2v) is 5.14. The maximum Gasteiger partial charge on any atom is 0.337 e. The minimum atomic E-state index is -0.463. The number of halogens is 1. The molecule has 2 rings (SSSR count). The van der Waals surface area contributed by atoms with Crippen LogP contribution >= 0.6 is 0 Å². The zero-order chi connectivity index (χ0) is 16.8. The second-order valence-electron chi connectivity index (χ2n) is 5.14. The van der Waals surface area contributed by atoms with Crippen molar-refractivity contribution < 1.29 is 18.7 Å². The number of ether oxygens (including phenoxy) is 1. The van der Waals surface area contributed by atoms with Crippen molar-refractivity contribution in [3.05, 3.63) is 46.9 Å². The fraction of sp³-hybridized carbons (Fsp3) is 0.375. The third-order valence-corrected chi connectivity index (χ3v) is 3.51. The third-order valence-electron chi connectivity index (χ3n) is 3.51. The third kappa shape index (κ3) is 4.53. The van der Waals surface area contributed by atoms with Crippen LogP contribution in [-0.4, -0.2) is 31.7 Å². The Balaban J connectivity index is 2.08. The van der Waals surface area contributed by atoms with Crippen LogP contribution < -0.4 is 16.0 Å². The highest BCUT2D eigenvalue weighted by Gasteiger charge is 2.23. The Morgan fingerprint density at radius 1 is 1.48 bits per heavy atom. The summed E-state index contributed by atoms with van der Waals surface area (Å²) in [7, 11) is 0. The number of carbonyl (C=O) groups is 2. The predicted molar refractivity (Wildman–Crippen MR) is 83.0 cm³/mol. The number of hydrogen-bond donors (Lipinski definition) is 3. The lowest BCUT2D eigenvalue weighted by Crippen LogP contribution is -2.46. The van der Waals surface area contributed by atoms with Gasteiger partial charge in [0.05, 0.1) is 18.7 Å². The molecule has 0 aliphatic carbocycles. The Morgan fingerprint density at radius 2 is 2.26 bits per heavy atom. The molecule has 124 valence electrons. The molecule has 1 atom stereocenters. The van der Waals surface area contributed by atoms with Gasteiger partial charge in [0.2, 0.25) is 0 Å². The molecule has 1 aliphatic heterocycles. The van der Waals surface area contributed by atoms with E-state index in [-0.39, 0.29) is 37.6 Å². The molecule has 0 saturated carbocycles. The normalized spacial score (nSPS) is 15.7. The molecule has 2 amide bonds. The van der Waals surface area contributed by atoms with E-state index in [1.54, 1.807) is 13.0 Å². The first kappa shape index (κ1) is 17.0. The Hall–Kier alpha value is -2.41. The first-order chi connectivity index (χ1) is 11.0. The van der Waals surface area contributed by atoms with Crippen molar-refractivity contribution in [2.45, 2.75) is 19.9 Å². The summed E-state index contributed by atoms with van der Waals surface area (Å²) in [5, 5.41) is 8.33. The van der Waals surface area contributed by atoms with E-state index in [1.807, 2.05) is 13.0 Å². The highest BCUT2D eigenvalue weighted by Crippen LogP contribution is 2.14. The van der Waals surface area contributed by atoms with E-state index in [2.05, 4.69) is 16.0 Å². The number of hydrogen-bond acceptors (Lipinski definition) is 4. The summed E-state index contributed by atoms with van der Waals surface area (Å²) in [6.07, 6.45) is 0. The van der Waals surface area contributed by atoms with Crippen molar-refractivity contribution in [1.29, 1.82) is 0 Å². The molecule has 1 aromatic carbocycles. The van der Waals surface area contributed by atoms with E-state index < -0.39 is 5.97 Å². The Bertz CT molecular complexity index is 631. The fourth-order valence-electron chi connectivity index (χ4n) is 2.25. The van der Waals surface area contributed by atoms with Crippen LogP contribution in [0.4, 0.5) is 9.18 Å². The maximum absolute atomic E-state index is 13.3. The van der Waals surface area contributed by atoms with Gasteiger partial charge < -0.3 is 20.7 Å². The molecule has 3 N–H and O–H groups in total. The molecule has 0 unspecified atom stereocenters. The number of nitrogens with one attached hydrogen (secondary N) is 3. The van der Waals surface area contributed by atoms with Crippen molar-refractivity contribution in [2.75, 3.05) is 19.7 Å². The molecule has 0 aromatic heterocycles. The maximum atomic E-state index is 13.3. The fourth-order valence-corrected chi connectivity index (χ4v) is 2.25. The molecule has 1 heterocycles. The quantitative estimate of drug-likeness (QED) is 0.696. The first-order valence-corrected chi connectivity index (χ1v) is 7.44. The minimum absolute atomic E-state index is 0.121. The van der Waals surface area contributed by atoms with Crippen LogP contribution in [0.1, 0.15) is 25.5 Å². The van der Waals surface area contributed by atoms with Crippen LogP contribution in [0.15, 0.2) is 35.5 Å². The molecular weight excluding hydrogens is 301 g/mol. The zero-order valence-corrected chi connectivity index (χ0v) is 13.1. The number of urea groups is 1. The summed E-state index contributed by atoms with van der Waals surface area (Å²) < 4.78 is 18.3. The highest BCUT2D eigenvalue weighted by molar-refractivity contribution is 5.93. The van der Waals surface area contributed by atoms with Crippen molar-refractivity contribution in [3.8, 4) is 0 Å². The standard InChI is InChI=1S/C16H20FN3O3/c1-3-23-15(21)13-8-19-16(22)20-14(13)9-18-10(2)11-5-4-6-12(17)7-11/h4-7,10,18H,3,8-9H2,1-2H3,(H2,19,20,22)/t10-/m1/s1. The minimum Gasteiger partial charge on any atom is -0.463 e. The van der Waals surface area contributed by atoms with Gasteiger partial charge in [0.25, 0.3) is 0 Å². The number of benzene rings is 1. The molecular formula is C16H20FN3O3. The van der Waals surface area contributed by atoms with Gasteiger partial charge in [-0.1, -0.05) is 12.1 Å². The van der Waals surface area contributed by atoms with Gasteiger partial charge >= 0.3 is 12.0 Å². The lowest BCUT2D eigenvalue weighted by Gasteiger charge is -2.23. The SMILES string of the molecule is CCOC(=O)C1=C(CN[C@H](C)c2cccc(F)c2)NC(=O)NC1. The number of esters is 1. The summed E-state index contributed by atoms with van der Waals surface area (Å²) in [6.45, 7) is 4.24. The van der Waals surface area contributed by atoms with E-state index in [9.17, 15) is 14.0 Å². The monoisotopic (exact) mass is 321 g/mol. The zero-order valence-electron chi connectivity index (χ0n) is 13.1. The summed E-state index contributed by atoms with van der Waals surface area (Å²) in [4.78, 5) is 23.4. The van der Waals surface area contributed by atoms with Crippen molar-refractivity contribution in [1.82, 2.24) is 16.0 Å². The average molecular weight is 321 g/mol. The van der Waals surface area contributed by atoms with E-state index in [4.69, 9.17) is 4.74 Å². The van der Waals surface area contributed by atoms with Crippen molar-refractivity contribution >= 4 is 12.0 Å². The lowest BCUT2D eigenvalue weighted by atomic mass is 10.1. The van der Waals surface area contributed by atoms with Gasteiger partial charge in [-0.05, 0) is 31.5 Å². The van der Waals surface area contributed by atoms with E-state index in [0.717, 1.165) is 5.56 Å². The van der Waals surface area contributed by atoms with Gasteiger partial charge in [-0.2, -0.15) is 0 Å². The first-order valence-electron chi connectivity index (χ1n) is 7.44. The van der Waals surface area contributed by atoms with Crippen LogP contribution in [0.2, 0.25) is 0 Å². The topological polar surface area (TPSA) is 79.5 Å². The molecule has 0 fully saturated rings. The van der Waals surface area contributed by atoms with Gasteiger partial charge in [0.15, 0.2) is 0 Å². The van der Waals surface area contributed by atoms with E-state index >= 15 is 0 Å². The van der Waals surface area contributed by atoms with E-state index in [1.165, 1.54) is 12.1 Å². The molecule has 1 aliphatic rings. The van der Waals surface area contributed by atoms with Gasteiger partial charge in [-0.25, -0.2) is 14.0 Å². The van der Waals surface area contributed by atoms with Crippen LogP contribution in [-0.2, 0) is 9.53 Å². The molecule has 0 radical (unpaired) electrons. The van der Waals surface area contributed by atoms with Gasteiger partial charge in [-0.3, -0.25) is 0 Å². The summed E-state index contributed by atoms with van der Waals surface area (Å²) in [5.41, 5.74) is 1.63. The Morgan fingerprint density at radius 3 is 2.96 bits per heavy atom. The molecule has 1 aromatic rings. The largest absolute Gasteiger partial charge is 0.463 e. The van der Waals surface area contributed by atoms with Crippen LogP contribution in [0.25, 0.3) is 0 Å².